The Labute approximate surface area is 193 Å². The van der Waals surface area contributed by atoms with Gasteiger partial charge in [0.1, 0.15) is 5.82 Å². The quantitative estimate of drug-likeness (QED) is 0.481. The second kappa shape index (κ2) is 10.8. The van der Waals surface area contributed by atoms with Crippen LogP contribution in [0.4, 0.5) is 10.1 Å². The van der Waals surface area contributed by atoms with Gasteiger partial charge in [0.05, 0.1) is 4.90 Å². The maximum atomic E-state index is 12.9. The first-order chi connectivity index (χ1) is 15.3. The second-order valence-corrected chi connectivity index (χ2v) is 10.1. The Morgan fingerprint density at radius 1 is 1.06 bits per heavy atom. The third kappa shape index (κ3) is 6.44. The van der Waals surface area contributed by atoms with Gasteiger partial charge in [0.15, 0.2) is 5.11 Å². The summed E-state index contributed by atoms with van der Waals surface area (Å²) in [4.78, 5) is 12.2. The number of thiocarbonyl (C=S) groups is 1. The summed E-state index contributed by atoms with van der Waals surface area (Å²) in [6.07, 6.45) is 7.87. The summed E-state index contributed by atoms with van der Waals surface area (Å²) in [7, 11) is -1.93. The zero-order chi connectivity index (χ0) is 23.1. The van der Waals surface area contributed by atoms with Crippen LogP contribution in [0, 0.1) is 5.82 Å². The molecular weight excluding hydrogens is 449 g/mol. The van der Waals surface area contributed by atoms with Crippen molar-refractivity contribution in [3.8, 4) is 0 Å². The van der Waals surface area contributed by atoms with E-state index in [4.69, 9.17) is 12.2 Å². The minimum absolute atomic E-state index is 0.0392. The molecule has 2 aromatic carbocycles. The van der Waals surface area contributed by atoms with Gasteiger partial charge in [-0.3, -0.25) is 10.1 Å². The zero-order valence-electron chi connectivity index (χ0n) is 17.8. The molecule has 1 aliphatic rings. The predicted octanol–water partition coefficient (Wildman–Crippen LogP) is 4.31. The number of carbonyl (C=O) groups excluding carboxylic acids is 1. The fraction of sp³-hybridized carbons (Fsp3) is 0.304. The molecule has 0 saturated heterocycles. The van der Waals surface area contributed by atoms with Crippen molar-refractivity contribution >= 4 is 45.0 Å². The summed E-state index contributed by atoms with van der Waals surface area (Å²) in [5.41, 5.74) is 1.23. The zero-order valence-corrected chi connectivity index (χ0v) is 19.4. The molecular formula is C23H26FN3O3S2. The van der Waals surface area contributed by atoms with Gasteiger partial charge >= 0.3 is 0 Å². The van der Waals surface area contributed by atoms with Crippen molar-refractivity contribution in [1.82, 2.24) is 9.62 Å². The summed E-state index contributed by atoms with van der Waals surface area (Å²) in [6.45, 7) is 0. The topological polar surface area (TPSA) is 78.5 Å². The van der Waals surface area contributed by atoms with E-state index < -0.39 is 15.9 Å². The van der Waals surface area contributed by atoms with Crippen LogP contribution in [0.2, 0.25) is 0 Å². The summed E-state index contributed by atoms with van der Waals surface area (Å²) >= 11 is 5.14. The lowest BCUT2D eigenvalue weighted by Crippen LogP contribution is -2.38. The maximum absolute atomic E-state index is 12.9. The van der Waals surface area contributed by atoms with Gasteiger partial charge in [-0.05, 0) is 73.1 Å². The Bertz CT molecular complexity index is 1080. The lowest BCUT2D eigenvalue weighted by Gasteiger charge is -2.30. The van der Waals surface area contributed by atoms with Crippen LogP contribution < -0.4 is 10.6 Å². The highest BCUT2D eigenvalue weighted by molar-refractivity contribution is 7.89. The van der Waals surface area contributed by atoms with Gasteiger partial charge in [0, 0.05) is 24.9 Å². The SMILES string of the molecule is CN(C1CCCCC1)S(=O)(=O)c1ccc(NC(=S)NC(=O)C=Cc2ccc(F)cc2)cc1. The van der Waals surface area contributed by atoms with Crippen LogP contribution in [0.15, 0.2) is 59.5 Å². The lowest BCUT2D eigenvalue weighted by molar-refractivity contribution is -0.115. The number of hydrogen-bond acceptors (Lipinski definition) is 4. The molecule has 1 aliphatic carbocycles. The third-order valence-corrected chi connectivity index (χ3v) is 7.54. The first-order valence-corrected chi connectivity index (χ1v) is 12.2. The van der Waals surface area contributed by atoms with E-state index in [0.717, 1.165) is 32.1 Å². The molecule has 1 amide bonds. The van der Waals surface area contributed by atoms with Crippen molar-refractivity contribution < 1.29 is 17.6 Å². The number of anilines is 1. The molecule has 1 saturated carbocycles. The summed E-state index contributed by atoms with van der Waals surface area (Å²) in [5.74, 6) is -0.795. The smallest absolute Gasteiger partial charge is 0.250 e. The Hall–Kier alpha value is -2.62. The van der Waals surface area contributed by atoms with E-state index in [0.29, 0.717) is 11.3 Å². The number of nitrogens with one attached hydrogen (secondary N) is 2. The van der Waals surface area contributed by atoms with E-state index in [1.54, 1.807) is 37.4 Å². The van der Waals surface area contributed by atoms with Gasteiger partial charge in [-0.25, -0.2) is 12.8 Å². The van der Waals surface area contributed by atoms with Gasteiger partial charge in [0.25, 0.3) is 0 Å². The van der Waals surface area contributed by atoms with E-state index in [1.165, 1.54) is 34.6 Å². The van der Waals surface area contributed by atoms with Crippen molar-refractivity contribution in [2.75, 3.05) is 12.4 Å². The number of carbonyl (C=O) groups is 1. The van der Waals surface area contributed by atoms with E-state index in [-0.39, 0.29) is 21.9 Å². The largest absolute Gasteiger partial charge is 0.332 e. The molecule has 2 N–H and O–H groups in total. The van der Waals surface area contributed by atoms with Crippen LogP contribution in [-0.4, -0.2) is 36.8 Å². The van der Waals surface area contributed by atoms with Crippen LogP contribution in [0.1, 0.15) is 37.7 Å². The molecule has 0 spiro atoms. The van der Waals surface area contributed by atoms with Crippen molar-refractivity contribution in [1.29, 1.82) is 0 Å². The highest BCUT2D eigenvalue weighted by atomic mass is 32.2. The van der Waals surface area contributed by atoms with Crippen LogP contribution >= 0.6 is 12.2 Å². The van der Waals surface area contributed by atoms with E-state index in [9.17, 15) is 17.6 Å². The van der Waals surface area contributed by atoms with Crippen LogP contribution in [0.25, 0.3) is 6.08 Å². The van der Waals surface area contributed by atoms with Gasteiger partial charge in [-0.1, -0.05) is 31.4 Å². The predicted molar refractivity (Wildman–Crippen MR) is 128 cm³/mol. The number of halogens is 1. The molecule has 9 heteroatoms. The summed E-state index contributed by atoms with van der Waals surface area (Å²) in [6, 6.07) is 12.0. The summed E-state index contributed by atoms with van der Waals surface area (Å²) < 4.78 is 40.2. The molecule has 170 valence electrons. The van der Waals surface area contributed by atoms with E-state index in [2.05, 4.69) is 10.6 Å². The monoisotopic (exact) mass is 475 g/mol. The molecule has 32 heavy (non-hydrogen) atoms. The molecule has 0 unspecified atom stereocenters. The van der Waals surface area contributed by atoms with E-state index in [1.807, 2.05) is 0 Å². The van der Waals surface area contributed by atoms with Crippen molar-refractivity contribution in [3.05, 3.63) is 66.0 Å². The van der Waals surface area contributed by atoms with Crippen molar-refractivity contribution in [2.24, 2.45) is 0 Å². The molecule has 6 nitrogen and oxygen atoms in total. The Kier molecular flexibility index (Phi) is 8.11. The Morgan fingerprint density at radius 3 is 2.31 bits per heavy atom. The first-order valence-electron chi connectivity index (χ1n) is 10.4. The number of amides is 1. The number of sulfonamides is 1. The minimum atomic E-state index is -3.57. The number of hydrogen-bond donors (Lipinski definition) is 2. The molecule has 0 radical (unpaired) electrons. The van der Waals surface area contributed by atoms with Crippen LogP contribution in [0.5, 0.6) is 0 Å². The number of rotatable bonds is 6. The highest BCUT2D eigenvalue weighted by Crippen LogP contribution is 2.27. The molecule has 3 rings (SSSR count). The molecule has 2 aromatic rings. The average molecular weight is 476 g/mol. The van der Waals surface area contributed by atoms with Gasteiger partial charge < -0.3 is 5.32 Å². The fourth-order valence-corrected chi connectivity index (χ4v) is 5.21. The lowest BCUT2D eigenvalue weighted by atomic mass is 9.96. The van der Waals surface area contributed by atoms with Gasteiger partial charge in [-0.2, -0.15) is 4.31 Å². The molecule has 0 heterocycles. The van der Waals surface area contributed by atoms with E-state index >= 15 is 0 Å². The number of benzene rings is 2. The molecule has 0 bridgehead atoms. The third-order valence-electron chi connectivity index (χ3n) is 5.41. The maximum Gasteiger partial charge on any atom is 0.250 e. The Balaban J connectivity index is 1.55. The van der Waals surface area contributed by atoms with Crippen LogP contribution in [-0.2, 0) is 14.8 Å². The van der Waals surface area contributed by atoms with Crippen molar-refractivity contribution in [2.45, 2.75) is 43.0 Å². The molecule has 0 aliphatic heterocycles. The number of nitrogens with zero attached hydrogens (tertiary/aromatic N) is 1. The average Bonchev–Trinajstić information content (AvgIpc) is 2.79. The minimum Gasteiger partial charge on any atom is -0.332 e. The summed E-state index contributed by atoms with van der Waals surface area (Å²) in [5, 5.41) is 5.44. The fourth-order valence-electron chi connectivity index (χ4n) is 3.58. The van der Waals surface area contributed by atoms with Crippen LogP contribution in [0.3, 0.4) is 0 Å². The van der Waals surface area contributed by atoms with Gasteiger partial charge in [0.2, 0.25) is 15.9 Å². The highest BCUT2D eigenvalue weighted by Gasteiger charge is 2.28. The Morgan fingerprint density at radius 2 is 1.69 bits per heavy atom. The first kappa shape index (κ1) is 24.0. The molecule has 1 fully saturated rings. The normalized spacial score (nSPS) is 15.1. The molecule has 0 atom stereocenters. The van der Waals surface area contributed by atoms with Gasteiger partial charge in [-0.15, -0.1) is 0 Å². The van der Waals surface area contributed by atoms with Crippen molar-refractivity contribution in [3.63, 3.8) is 0 Å². The molecule has 0 aromatic heterocycles. The standard InChI is InChI=1S/C23H26FN3O3S2/c1-27(20-5-3-2-4-6-20)32(29,30)21-14-12-19(13-15-21)25-23(31)26-22(28)16-9-17-7-10-18(24)11-8-17/h7-16,20H,2-6H2,1H3,(H2,25,26,28,31). The second-order valence-electron chi connectivity index (χ2n) is 7.67.